The van der Waals surface area contributed by atoms with E-state index >= 15 is 0 Å². The summed E-state index contributed by atoms with van der Waals surface area (Å²) in [5.74, 6) is 1.17. The number of methoxy groups -OCH3 is 1. The fraction of sp³-hybridized carbons (Fsp3) is 0.320. The minimum atomic E-state index is -0.113. The largest absolute Gasteiger partial charge is 0.456 e. The molecule has 1 aliphatic rings. The minimum absolute atomic E-state index is 0.00376. The molecule has 0 bridgehead atoms. The zero-order valence-electron chi connectivity index (χ0n) is 19.5. The molecule has 1 aliphatic heterocycles. The molecule has 5 rings (SSSR count). The Balaban J connectivity index is 1.47. The van der Waals surface area contributed by atoms with Crippen molar-refractivity contribution in [3.05, 3.63) is 52.7 Å². The van der Waals surface area contributed by atoms with Gasteiger partial charge in [-0.25, -0.2) is 0 Å². The quantitative estimate of drug-likeness (QED) is 0.467. The van der Waals surface area contributed by atoms with Crippen molar-refractivity contribution in [2.24, 2.45) is 7.05 Å². The number of nitrogens with zero attached hydrogens (tertiary/aromatic N) is 3. The van der Waals surface area contributed by atoms with E-state index in [-0.39, 0.29) is 17.9 Å². The van der Waals surface area contributed by atoms with Crippen LogP contribution in [0.25, 0.3) is 21.1 Å². The number of benzene rings is 1. The lowest BCUT2D eigenvalue weighted by Gasteiger charge is -2.14. The number of amides is 2. The molecule has 1 fully saturated rings. The third-order valence-electron chi connectivity index (χ3n) is 6.50. The summed E-state index contributed by atoms with van der Waals surface area (Å²) < 4.78 is 14.5. The van der Waals surface area contributed by atoms with Crippen LogP contribution in [0.1, 0.15) is 32.1 Å². The Labute approximate surface area is 201 Å². The van der Waals surface area contributed by atoms with Gasteiger partial charge < -0.3 is 24.3 Å². The first-order valence-electron chi connectivity index (χ1n) is 11.1. The number of carbonyl (C=O) groups is 2. The maximum atomic E-state index is 13.0. The molecular formula is C25H26N4O4S. The third kappa shape index (κ3) is 3.70. The van der Waals surface area contributed by atoms with E-state index < -0.39 is 0 Å². The predicted octanol–water partition coefficient (Wildman–Crippen LogP) is 4.11. The number of thiophene rings is 1. The normalized spacial score (nSPS) is 15.9. The van der Waals surface area contributed by atoms with Gasteiger partial charge in [-0.05, 0) is 31.5 Å². The van der Waals surface area contributed by atoms with Crippen molar-refractivity contribution in [1.82, 2.24) is 19.8 Å². The van der Waals surface area contributed by atoms with Gasteiger partial charge in [-0.15, -0.1) is 11.3 Å². The number of aromatic nitrogens is 2. The Bertz CT molecular complexity index is 1420. The van der Waals surface area contributed by atoms with Gasteiger partial charge in [-0.1, -0.05) is 0 Å². The number of likely N-dealkylation sites (tertiary alicyclic amines) is 1. The second-order valence-electron chi connectivity index (χ2n) is 8.41. The van der Waals surface area contributed by atoms with Gasteiger partial charge >= 0.3 is 0 Å². The van der Waals surface area contributed by atoms with Crippen LogP contribution >= 0.6 is 11.3 Å². The number of fused-ring (bicyclic) bond motifs is 2. The number of nitrogens with one attached hydrogen (secondary N) is 1. The maximum absolute atomic E-state index is 13.0. The van der Waals surface area contributed by atoms with Crippen molar-refractivity contribution in [2.75, 3.05) is 27.2 Å². The number of ether oxygens (including phenoxy) is 2. The van der Waals surface area contributed by atoms with Crippen LogP contribution in [-0.2, 0) is 11.8 Å². The molecule has 1 atom stereocenters. The Morgan fingerprint density at radius 1 is 1.24 bits per heavy atom. The molecule has 9 heteroatoms. The zero-order chi connectivity index (χ0) is 24.0. The van der Waals surface area contributed by atoms with Crippen molar-refractivity contribution in [1.29, 1.82) is 0 Å². The number of hydrogen-bond donors (Lipinski definition) is 1. The van der Waals surface area contributed by atoms with Crippen molar-refractivity contribution < 1.29 is 19.1 Å². The molecule has 8 nitrogen and oxygen atoms in total. The monoisotopic (exact) mass is 478 g/mol. The molecule has 176 valence electrons. The fourth-order valence-electron chi connectivity index (χ4n) is 4.51. The van der Waals surface area contributed by atoms with Crippen LogP contribution in [0.3, 0.4) is 0 Å². The summed E-state index contributed by atoms with van der Waals surface area (Å²) in [6.07, 6.45) is 2.63. The summed E-state index contributed by atoms with van der Waals surface area (Å²) in [4.78, 5) is 32.3. The molecule has 2 amide bonds. The summed E-state index contributed by atoms with van der Waals surface area (Å²) in [7, 11) is 5.24. The van der Waals surface area contributed by atoms with E-state index in [9.17, 15) is 9.59 Å². The van der Waals surface area contributed by atoms with Crippen LogP contribution in [0.2, 0.25) is 0 Å². The lowest BCUT2D eigenvalue weighted by molar-refractivity contribution is 0.0728. The van der Waals surface area contributed by atoms with Gasteiger partial charge in [0, 0.05) is 63.7 Å². The van der Waals surface area contributed by atoms with E-state index in [1.54, 1.807) is 26.4 Å². The van der Waals surface area contributed by atoms with Crippen molar-refractivity contribution in [2.45, 2.75) is 19.4 Å². The molecule has 3 aromatic heterocycles. The first-order valence-corrected chi connectivity index (χ1v) is 11.9. The van der Waals surface area contributed by atoms with Crippen molar-refractivity contribution in [3.63, 3.8) is 0 Å². The highest BCUT2D eigenvalue weighted by atomic mass is 32.1. The molecule has 34 heavy (non-hydrogen) atoms. The van der Waals surface area contributed by atoms with Gasteiger partial charge in [0.2, 0.25) is 0 Å². The van der Waals surface area contributed by atoms with Crippen LogP contribution in [0.5, 0.6) is 11.5 Å². The van der Waals surface area contributed by atoms with E-state index in [4.69, 9.17) is 9.47 Å². The zero-order valence-corrected chi connectivity index (χ0v) is 20.4. The summed E-state index contributed by atoms with van der Waals surface area (Å²) in [6.45, 7) is 3.22. The van der Waals surface area contributed by atoms with Crippen molar-refractivity contribution in [3.8, 4) is 11.5 Å². The number of hydrogen-bond acceptors (Lipinski definition) is 6. The molecule has 1 saturated heterocycles. The summed E-state index contributed by atoms with van der Waals surface area (Å²) >= 11 is 1.39. The van der Waals surface area contributed by atoms with Gasteiger partial charge in [-0.3, -0.25) is 14.6 Å². The third-order valence-corrected chi connectivity index (χ3v) is 7.63. The van der Waals surface area contributed by atoms with Gasteiger partial charge in [0.15, 0.2) is 0 Å². The number of pyridine rings is 1. The molecule has 4 heterocycles. The van der Waals surface area contributed by atoms with Gasteiger partial charge in [-0.2, -0.15) is 0 Å². The Kier molecular flexibility index (Phi) is 5.75. The van der Waals surface area contributed by atoms with E-state index in [1.807, 2.05) is 47.7 Å². The second-order valence-corrected chi connectivity index (χ2v) is 9.46. The minimum Gasteiger partial charge on any atom is -0.456 e. The molecule has 0 radical (unpaired) electrons. The first kappa shape index (κ1) is 22.4. The number of rotatable bonds is 5. The standard InChI is InChI=1S/C25H26N4O4S/c1-14-22(24(30)26-2)17-6-5-15(11-19(17)28(14)3)33-20-7-9-27-18-12-21(34-23(18)20)25(31)29-10-8-16(13-29)32-4/h5-7,9,11-12,16H,8,10,13H2,1-4H3,(H,26,30)/t16-/m1/s1. The summed E-state index contributed by atoms with van der Waals surface area (Å²) in [6, 6.07) is 9.32. The van der Waals surface area contributed by atoms with Crippen molar-refractivity contribution >= 4 is 44.3 Å². The highest BCUT2D eigenvalue weighted by Gasteiger charge is 2.28. The first-order chi connectivity index (χ1) is 16.4. The lowest BCUT2D eigenvalue weighted by atomic mass is 10.1. The van der Waals surface area contributed by atoms with E-state index in [0.717, 1.165) is 33.2 Å². The topological polar surface area (TPSA) is 85.7 Å². The van der Waals surface area contributed by atoms with Gasteiger partial charge in [0.25, 0.3) is 11.8 Å². The molecule has 1 aromatic carbocycles. The highest BCUT2D eigenvalue weighted by molar-refractivity contribution is 7.21. The Morgan fingerprint density at radius 2 is 2.06 bits per heavy atom. The Morgan fingerprint density at radius 3 is 2.79 bits per heavy atom. The van der Waals surface area contributed by atoms with Gasteiger partial charge in [0.05, 0.1) is 32.3 Å². The van der Waals surface area contributed by atoms with Crippen LogP contribution in [0, 0.1) is 6.92 Å². The van der Waals surface area contributed by atoms with Crippen LogP contribution in [-0.4, -0.2) is 59.6 Å². The number of carbonyl (C=O) groups excluding carboxylic acids is 2. The van der Waals surface area contributed by atoms with E-state index in [0.29, 0.717) is 35.0 Å². The van der Waals surface area contributed by atoms with Crippen LogP contribution < -0.4 is 10.1 Å². The average molecular weight is 479 g/mol. The smallest absolute Gasteiger partial charge is 0.264 e. The maximum Gasteiger partial charge on any atom is 0.264 e. The molecule has 1 N–H and O–H groups in total. The SMILES string of the molecule is CNC(=O)c1c(C)n(C)c2cc(Oc3ccnc4cc(C(=O)N5CC[C@@H](OC)C5)sc34)ccc12. The predicted molar refractivity (Wildman–Crippen MR) is 132 cm³/mol. The molecular weight excluding hydrogens is 452 g/mol. The average Bonchev–Trinajstić information content (AvgIpc) is 3.56. The Hall–Kier alpha value is -3.43. The fourth-order valence-corrected chi connectivity index (χ4v) is 5.54. The van der Waals surface area contributed by atoms with Crippen LogP contribution in [0.15, 0.2) is 36.5 Å². The summed E-state index contributed by atoms with van der Waals surface area (Å²) in [5, 5.41) is 3.58. The lowest BCUT2D eigenvalue weighted by Crippen LogP contribution is -2.29. The number of aryl methyl sites for hydroxylation is 1. The van der Waals surface area contributed by atoms with Gasteiger partial charge in [0.1, 0.15) is 11.5 Å². The van der Waals surface area contributed by atoms with Crippen LogP contribution in [0.4, 0.5) is 0 Å². The van der Waals surface area contributed by atoms with E-state index in [1.165, 1.54) is 11.3 Å². The molecule has 0 aliphatic carbocycles. The summed E-state index contributed by atoms with van der Waals surface area (Å²) in [5.41, 5.74) is 3.18. The van der Waals surface area contributed by atoms with E-state index in [2.05, 4.69) is 10.3 Å². The molecule has 0 saturated carbocycles. The second kappa shape index (κ2) is 8.73. The highest BCUT2D eigenvalue weighted by Crippen LogP contribution is 2.37. The molecule has 0 unspecified atom stereocenters. The molecule has 0 spiro atoms. The molecule has 4 aromatic rings.